The minimum absolute atomic E-state index is 0.267. The number of rotatable bonds is 1. The second kappa shape index (κ2) is 3.94. The number of nitrogens with one attached hydrogen (secondary N) is 1. The van der Waals surface area contributed by atoms with E-state index in [1.165, 1.54) is 18.2 Å². The molecule has 3 nitrogen and oxygen atoms in total. The zero-order chi connectivity index (χ0) is 10.8. The molecule has 0 saturated heterocycles. The number of benzene rings is 1. The van der Waals surface area contributed by atoms with Gasteiger partial charge in [-0.25, -0.2) is 9.49 Å². The number of aromatic nitrogens is 2. The number of nitrogens with zero attached hydrogens (tertiary/aromatic N) is 1. The Morgan fingerprint density at radius 3 is 2.67 bits per heavy atom. The lowest BCUT2D eigenvalue weighted by molar-refractivity contribution is 0.627. The van der Waals surface area contributed by atoms with Crippen LogP contribution in [0.15, 0.2) is 39.6 Å². The maximum Gasteiger partial charge on any atom is 0.264 e. The minimum Gasteiger partial charge on any atom is -0.268 e. The van der Waals surface area contributed by atoms with Gasteiger partial charge < -0.3 is 0 Å². The van der Waals surface area contributed by atoms with Crippen LogP contribution in [-0.2, 0) is 0 Å². The first-order valence-corrected chi connectivity index (χ1v) is 4.97. The van der Waals surface area contributed by atoms with Crippen molar-refractivity contribution in [2.75, 3.05) is 0 Å². The van der Waals surface area contributed by atoms with Gasteiger partial charge in [0.05, 0.1) is 5.69 Å². The fourth-order valence-electron chi connectivity index (χ4n) is 1.19. The molecule has 2 aromatic rings. The van der Waals surface area contributed by atoms with E-state index in [2.05, 4.69) is 26.1 Å². The third-order valence-electron chi connectivity index (χ3n) is 1.89. The van der Waals surface area contributed by atoms with Crippen LogP contribution >= 0.6 is 15.9 Å². The molecule has 1 aromatic heterocycles. The van der Waals surface area contributed by atoms with Gasteiger partial charge in [-0.05, 0) is 40.2 Å². The van der Waals surface area contributed by atoms with Gasteiger partial charge in [0.25, 0.3) is 5.56 Å². The predicted octanol–water partition coefficient (Wildman–Crippen LogP) is 2.34. The third kappa shape index (κ3) is 2.12. The molecule has 0 fully saturated rings. The summed E-state index contributed by atoms with van der Waals surface area (Å²) in [7, 11) is 0. The Hall–Kier alpha value is -1.49. The fraction of sp³-hybridized carbons (Fsp3) is 0. The topological polar surface area (TPSA) is 45.8 Å². The monoisotopic (exact) mass is 268 g/mol. The Morgan fingerprint density at radius 1 is 1.27 bits per heavy atom. The summed E-state index contributed by atoms with van der Waals surface area (Å²) in [6.07, 6.45) is 0. The summed E-state index contributed by atoms with van der Waals surface area (Å²) in [5, 5.41) is 6.17. The molecule has 0 aliphatic heterocycles. The highest BCUT2D eigenvalue weighted by atomic mass is 79.9. The Balaban J connectivity index is 2.54. The zero-order valence-electron chi connectivity index (χ0n) is 7.50. The van der Waals surface area contributed by atoms with E-state index in [4.69, 9.17) is 0 Å². The van der Waals surface area contributed by atoms with Crippen LogP contribution in [0.4, 0.5) is 4.39 Å². The second-order valence-electron chi connectivity index (χ2n) is 2.93. The lowest BCUT2D eigenvalue weighted by Crippen LogP contribution is -2.05. The van der Waals surface area contributed by atoms with E-state index in [1.807, 2.05) is 0 Å². The van der Waals surface area contributed by atoms with Gasteiger partial charge in [0.2, 0.25) is 0 Å². The lowest BCUT2D eigenvalue weighted by atomic mass is 10.1. The molecule has 0 radical (unpaired) electrons. The summed E-state index contributed by atoms with van der Waals surface area (Å²) in [5.41, 5.74) is 1.05. The van der Waals surface area contributed by atoms with Crippen molar-refractivity contribution in [2.24, 2.45) is 0 Å². The van der Waals surface area contributed by atoms with Gasteiger partial charge in [0, 0.05) is 16.1 Å². The van der Waals surface area contributed by atoms with Gasteiger partial charge in [-0.3, -0.25) is 4.79 Å². The summed E-state index contributed by atoms with van der Waals surface area (Å²) >= 11 is 3.23. The largest absolute Gasteiger partial charge is 0.268 e. The first-order valence-electron chi connectivity index (χ1n) is 4.18. The van der Waals surface area contributed by atoms with Gasteiger partial charge in [0.1, 0.15) is 5.82 Å². The van der Waals surface area contributed by atoms with Crippen molar-refractivity contribution in [3.05, 3.63) is 51.0 Å². The van der Waals surface area contributed by atoms with E-state index >= 15 is 0 Å². The molecule has 1 heterocycles. The first kappa shape index (κ1) is 10.0. The molecule has 0 spiro atoms. The highest BCUT2D eigenvalue weighted by Crippen LogP contribution is 2.26. The molecule has 0 aliphatic rings. The molecule has 2 rings (SSSR count). The van der Waals surface area contributed by atoms with Gasteiger partial charge >= 0.3 is 0 Å². The summed E-state index contributed by atoms with van der Waals surface area (Å²) in [6, 6.07) is 7.24. The quantitative estimate of drug-likeness (QED) is 0.863. The normalized spacial score (nSPS) is 10.3. The minimum atomic E-state index is -0.324. The molecule has 0 aliphatic carbocycles. The highest BCUT2D eigenvalue weighted by Gasteiger charge is 2.05. The zero-order valence-corrected chi connectivity index (χ0v) is 9.08. The second-order valence-corrected chi connectivity index (χ2v) is 3.78. The molecule has 0 bridgehead atoms. The first-order chi connectivity index (χ1) is 7.16. The Labute approximate surface area is 93.1 Å². The van der Waals surface area contributed by atoms with Crippen molar-refractivity contribution in [3.63, 3.8) is 0 Å². The summed E-state index contributed by atoms with van der Waals surface area (Å²) in [6.45, 7) is 0. The van der Waals surface area contributed by atoms with Gasteiger partial charge in [-0.1, -0.05) is 0 Å². The molecule has 0 amide bonds. The van der Waals surface area contributed by atoms with E-state index in [-0.39, 0.29) is 11.4 Å². The van der Waals surface area contributed by atoms with Crippen LogP contribution < -0.4 is 5.56 Å². The van der Waals surface area contributed by atoms with Crippen LogP contribution in [0.5, 0.6) is 0 Å². The van der Waals surface area contributed by atoms with E-state index in [1.54, 1.807) is 12.1 Å². The molecule has 0 saturated carbocycles. The standard InChI is InChI=1S/C10H6BrFN2O/c11-8-5-6(12)1-2-7(8)9-3-4-10(15)14-13-9/h1-5H,(H,14,15). The number of aromatic amines is 1. The molecule has 76 valence electrons. The van der Waals surface area contributed by atoms with Gasteiger partial charge in [-0.15, -0.1) is 0 Å². The highest BCUT2D eigenvalue weighted by molar-refractivity contribution is 9.10. The molecule has 1 aromatic carbocycles. The van der Waals surface area contributed by atoms with Crippen LogP contribution in [-0.4, -0.2) is 10.2 Å². The molecule has 0 atom stereocenters. The van der Waals surface area contributed by atoms with E-state index < -0.39 is 0 Å². The number of halogens is 2. The number of hydrogen-bond donors (Lipinski definition) is 1. The van der Waals surface area contributed by atoms with Crippen LogP contribution in [0.1, 0.15) is 0 Å². The Morgan fingerprint density at radius 2 is 2.07 bits per heavy atom. The van der Waals surface area contributed by atoms with Crippen molar-refractivity contribution in [1.29, 1.82) is 0 Å². The van der Waals surface area contributed by atoms with Crippen LogP contribution in [0.3, 0.4) is 0 Å². The number of hydrogen-bond acceptors (Lipinski definition) is 2. The van der Waals surface area contributed by atoms with Crippen LogP contribution in [0, 0.1) is 5.82 Å². The Bertz CT molecular complexity index is 533. The maximum absolute atomic E-state index is 12.8. The predicted molar refractivity (Wildman–Crippen MR) is 58.0 cm³/mol. The molecule has 15 heavy (non-hydrogen) atoms. The van der Waals surface area contributed by atoms with Crippen molar-refractivity contribution in [2.45, 2.75) is 0 Å². The van der Waals surface area contributed by atoms with Crippen molar-refractivity contribution in [1.82, 2.24) is 10.2 Å². The maximum atomic E-state index is 12.8. The SMILES string of the molecule is O=c1ccc(-c2ccc(F)cc2Br)n[nH]1. The smallest absolute Gasteiger partial charge is 0.264 e. The van der Waals surface area contributed by atoms with Crippen LogP contribution in [0.25, 0.3) is 11.3 Å². The van der Waals surface area contributed by atoms with E-state index in [0.29, 0.717) is 10.2 Å². The third-order valence-corrected chi connectivity index (χ3v) is 2.54. The molecule has 5 heteroatoms. The van der Waals surface area contributed by atoms with Crippen molar-refractivity contribution < 1.29 is 4.39 Å². The molecule has 1 N–H and O–H groups in total. The van der Waals surface area contributed by atoms with Crippen molar-refractivity contribution >= 4 is 15.9 Å². The fourth-order valence-corrected chi connectivity index (χ4v) is 1.75. The number of H-pyrrole nitrogens is 1. The van der Waals surface area contributed by atoms with Crippen LogP contribution in [0.2, 0.25) is 0 Å². The summed E-state index contributed by atoms with van der Waals surface area (Å²) < 4.78 is 13.4. The van der Waals surface area contributed by atoms with Gasteiger partial charge in [-0.2, -0.15) is 5.10 Å². The molecule has 0 unspecified atom stereocenters. The average Bonchev–Trinajstić information content (AvgIpc) is 2.20. The average molecular weight is 269 g/mol. The Kier molecular flexibility index (Phi) is 2.64. The lowest BCUT2D eigenvalue weighted by Gasteiger charge is -2.02. The van der Waals surface area contributed by atoms with Crippen molar-refractivity contribution in [3.8, 4) is 11.3 Å². The summed E-state index contributed by atoms with van der Waals surface area (Å²) in [5.74, 6) is -0.324. The molecular weight excluding hydrogens is 263 g/mol. The molecular formula is C10H6BrFN2O. The van der Waals surface area contributed by atoms with E-state index in [0.717, 1.165) is 5.56 Å². The van der Waals surface area contributed by atoms with Gasteiger partial charge in [0.15, 0.2) is 0 Å². The summed E-state index contributed by atoms with van der Waals surface area (Å²) in [4.78, 5) is 10.8. The van der Waals surface area contributed by atoms with E-state index in [9.17, 15) is 9.18 Å².